The Morgan fingerprint density at radius 1 is 1.47 bits per heavy atom. The lowest BCUT2D eigenvalue weighted by Crippen LogP contribution is -2.43. The van der Waals surface area contributed by atoms with Gasteiger partial charge in [0.15, 0.2) is 0 Å². The Labute approximate surface area is 110 Å². The number of amides is 1. The molecule has 1 aromatic heterocycles. The van der Waals surface area contributed by atoms with E-state index < -0.39 is 18.1 Å². The predicted molar refractivity (Wildman–Crippen MR) is 71.8 cm³/mol. The number of aliphatic hydroxyl groups is 1. The van der Waals surface area contributed by atoms with Gasteiger partial charge < -0.3 is 16.2 Å². The summed E-state index contributed by atoms with van der Waals surface area (Å²) >= 11 is 0. The van der Waals surface area contributed by atoms with Crippen LogP contribution >= 0.6 is 0 Å². The number of hydrogen-bond donors (Lipinski definition) is 3. The molecule has 0 fully saturated rings. The molecule has 19 heavy (non-hydrogen) atoms. The first-order valence-electron chi connectivity index (χ1n) is 5.92. The molecule has 2 atom stereocenters. The van der Waals surface area contributed by atoms with Crippen LogP contribution in [0.3, 0.4) is 0 Å². The standard InChI is InChI=1S/C13H16N4O2/c1-9(18)12(14)13(19)16-10-4-2-5-11(8-10)17-7-3-6-15-17/h2-9,12,18H,14H2,1H3,(H,16,19)/t9-,12+/m1/s1. The number of anilines is 1. The lowest BCUT2D eigenvalue weighted by molar-refractivity contribution is -0.119. The van der Waals surface area contributed by atoms with Gasteiger partial charge >= 0.3 is 0 Å². The second-order valence-corrected chi connectivity index (χ2v) is 4.26. The number of carbonyl (C=O) groups excluding carboxylic acids is 1. The van der Waals surface area contributed by atoms with Gasteiger partial charge in [0, 0.05) is 18.1 Å². The molecule has 2 aromatic rings. The van der Waals surface area contributed by atoms with E-state index in [1.165, 1.54) is 6.92 Å². The van der Waals surface area contributed by atoms with Crippen molar-refractivity contribution in [2.75, 3.05) is 5.32 Å². The number of carbonyl (C=O) groups is 1. The van der Waals surface area contributed by atoms with Crippen LogP contribution in [0.25, 0.3) is 5.69 Å². The molecule has 4 N–H and O–H groups in total. The fourth-order valence-corrected chi connectivity index (χ4v) is 1.59. The largest absolute Gasteiger partial charge is 0.391 e. The first-order valence-corrected chi connectivity index (χ1v) is 5.92. The van der Waals surface area contributed by atoms with E-state index in [-0.39, 0.29) is 0 Å². The van der Waals surface area contributed by atoms with Crippen LogP contribution in [0.5, 0.6) is 0 Å². The summed E-state index contributed by atoms with van der Waals surface area (Å²) in [5.41, 5.74) is 6.99. The molecule has 0 aliphatic carbocycles. The van der Waals surface area contributed by atoms with E-state index in [2.05, 4.69) is 10.4 Å². The third-order valence-corrected chi connectivity index (χ3v) is 2.71. The molecule has 6 heteroatoms. The van der Waals surface area contributed by atoms with Crippen LogP contribution < -0.4 is 11.1 Å². The zero-order valence-corrected chi connectivity index (χ0v) is 10.5. The van der Waals surface area contributed by atoms with Crippen molar-refractivity contribution >= 4 is 11.6 Å². The van der Waals surface area contributed by atoms with Crippen LogP contribution in [0.4, 0.5) is 5.69 Å². The predicted octanol–water partition coefficient (Wildman–Crippen LogP) is 0.519. The van der Waals surface area contributed by atoms with Gasteiger partial charge in [-0.3, -0.25) is 4.79 Å². The highest BCUT2D eigenvalue weighted by Gasteiger charge is 2.18. The summed E-state index contributed by atoms with van der Waals surface area (Å²) in [5.74, 6) is -0.424. The minimum Gasteiger partial charge on any atom is -0.391 e. The average Bonchev–Trinajstić information content (AvgIpc) is 2.91. The molecule has 0 bridgehead atoms. The van der Waals surface area contributed by atoms with Crippen LogP contribution in [-0.4, -0.2) is 32.9 Å². The second-order valence-electron chi connectivity index (χ2n) is 4.26. The number of nitrogens with two attached hydrogens (primary N) is 1. The Morgan fingerprint density at radius 2 is 2.26 bits per heavy atom. The van der Waals surface area contributed by atoms with Crippen LogP contribution in [0.15, 0.2) is 42.7 Å². The van der Waals surface area contributed by atoms with E-state index in [1.807, 2.05) is 18.3 Å². The van der Waals surface area contributed by atoms with E-state index in [9.17, 15) is 9.90 Å². The third-order valence-electron chi connectivity index (χ3n) is 2.71. The van der Waals surface area contributed by atoms with Gasteiger partial charge in [-0.05, 0) is 31.2 Å². The van der Waals surface area contributed by atoms with Crippen LogP contribution in [0.1, 0.15) is 6.92 Å². The quantitative estimate of drug-likeness (QED) is 0.747. The molecule has 1 amide bonds. The van der Waals surface area contributed by atoms with Crippen molar-refractivity contribution in [3.05, 3.63) is 42.7 Å². The molecular weight excluding hydrogens is 244 g/mol. The second kappa shape index (κ2) is 5.64. The summed E-state index contributed by atoms with van der Waals surface area (Å²) in [4.78, 5) is 11.7. The number of aliphatic hydroxyl groups excluding tert-OH is 1. The Balaban J connectivity index is 2.14. The van der Waals surface area contributed by atoms with Crippen LogP contribution in [0.2, 0.25) is 0 Å². The van der Waals surface area contributed by atoms with E-state index in [0.29, 0.717) is 5.69 Å². The lowest BCUT2D eigenvalue weighted by atomic mass is 10.2. The molecule has 1 aromatic carbocycles. The van der Waals surface area contributed by atoms with E-state index in [1.54, 1.807) is 29.1 Å². The van der Waals surface area contributed by atoms with Crippen molar-refractivity contribution in [3.63, 3.8) is 0 Å². The Kier molecular flexibility index (Phi) is 3.94. The molecule has 6 nitrogen and oxygen atoms in total. The van der Waals surface area contributed by atoms with E-state index in [4.69, 9.17) is 5.73 Å². The van der Waals surface area contributed by atoms with Gasteiger partial charge in [0.2, 0.25) is 5.91 Å². The number of nitrogens with zero attached hydrogens (tertiary/aromatic N) is 2. The summed E-state index contributed by atoms with van der Waals surface area (Å²) in [6.07, 6.45) is 2.59. The topological polar surface area (TPSA) is 93.2 Å². The van der Waals surface area contributed by atoms with Crippen molar-refractivity contribution in [3.8, 4) is 5.69 Å². The molecular formula is C13H16N4O2. The maximum absolute atomic E-state index is 11.7. The van der Waals surface area contributed by atoms with Gasteiger partial charge in [-0.2, -0.15) is 5.10 Å². The molecule has 100 valence electrons. The molecule has 0 saturated heterocycles. The normalized spacial score (nSPS) is 13.8. The van der Waals surface area contributed by atoms with E-state index >= 15 is 0 Å². The van der Waals surface area contributed by atoms with Crippen LogP contribution in [0, 0.1) is 0 Å². The van der Waals surface area contributed by atoms with Crippen molar-refractivity contribution in [2.45, 2.75) is 19.1 Å². The Bertz CT molecular complexity index is 552. The van der Waals surface area contributed by atoms with E-state index in [0.717, 1.165) is 5.69 Å². The van der Waals surface area contributed by atoms with Gasteiger partial charge in [0.1, 0.15) is 6.04 Å². The first kappa shape index (κ1) is 13.3. The fourth-order valence-electron chi connectivity index (χ4n) is 1.59. The molecule has 0 radical (unpaired) electrons. The van der Waals surface area contributed by atoms with Gasteiger partial charge in [0.05, 0.1) is 11.8 Å². The summed E-state index contributed by atoms with van der Waals surface area (Å²) in [6.45, 7) is 1.48. The maximum atomic E-state index is 11.7. The van der Waals surface area contributed by atoms with Crippen molar-refractivity contribution in [2.24, 2.45) is 5.73 Å². The Hall–Kier alpha value is -2.18. The third kappa shape index (κ3) is 3.18. The SMILES string of the molecule is C[C@@H](O)[C@H](N)C(=O)Nc1cccc(-n2cccn2)c1. The maximum Gasteiger partial charge on any atom is 0.243 e. The van der Waals surface area contributed by atoms with Crippen molar-refractivity contribution < 1.29 is 9.90 Å². The van der Waals surface area contributed by atoms with Crippen molar-refractivity contribution in [1.82, 2.24) is 9.78 Å². The highest BCUT2D eigenvalue weighted by atomic mass is 16.3. The minimum atomic E-state index is -0.951. The number of nitrogens with one attached hydrogen (secondary N) is 1. The molecule has 0 saturated carbocycles. The van der Waals surface area contributed by atoms with Gasteiger partial charge in [-0.25, -0.2) is 4.68 Å². The monoisotopic (exact) mass is 260 g/mol. The summed E-state index contributed by atoms with van der Waals surface area (Å²) in [6, 6.07) is 8.07. The highest BCUT2D eigenvalue weighted by molar-refractivity contribution is 5.95. The molecule has 0 aliphatic heterocycles. The molecule has 0 unspecified atom stereocenters. The summed E-state index contributed by atoms with van der Waals surface area (Å²) in [7, 11) is 0. The number of aromatic nitrogens is 2. The fraction of sp³-hybridized carbons (Fsp3) is 0.231. The first-order chi connectivity index (χ1) is 9.08. The molecule has 0 aliphatic rings. The van der Waals surface area contributed by atoms with Crippen molar-refractivity contribution in [1.29, 1.82) is 0 Å². The number of rotatable bonds is 4. The van der Waals surface area contributed by atoms with Gasteiger partial charge in [-0.1, -0.05) is 6.07 Å². The lowest BCUT2D eigenvalue weighted by Gasteiger charge is -2.15. The van der Waals surface area contributed by atoms with Crippen LogP contribution in [-0.2, 0) is 4.79 Å². The molecule has 0 spiro atoms. The van der Waals surface area contributed by atoms with Gasteiger partial charge in [-0.15, -0.1) is 0 Å². The smallest absolute Gasteiger partial charge is 0.243 e. The zero-order valence-electron chi connectivity index (χ0n) is 10.5. The summed E-state index contributed by atoms with van der Waals surface area (Å²) in [5, 5.41) is 16.0. The van der Waals surface area contributed by atoms with Gasteiger partial charge in [0.25, 0.3) is 0 Å². The Morgan fingerprint density at radius 3 is 2.89 bits per heavy atom. The summed E-state index contributed by atoms with van der Waals surface area (Å²) < 4.78 is 1.68. The average molecular weight is 260 g/mol. The highest BCUT2D eigenvalue weighted by Crippen LogP contribution is 2.14. The molecule has 2 rings (SSSR count). The number of benzene rings is 1. The zero-order chi connectivity index (χ0) is 13.8. The molecule has 1 heterocycles. The number of hydrogen-bond acceptors (Lipinski definition) is 4. The minimum absolute atomic E-state index is 0.424.